The van der Waals surface area contributed by atoms with E-state index in [2.05, 4.69) is 10.3 Å². The summed E-state index contributed by atoms with van der Waals surface area (Å²) in [6.45, 7) is 6.55. The molecule has 0 radical (unpaired) electrons. The first-order valence-corrected chi connectivity index (χ1v) is 7.53. The molecule has 0 atom stereocenters. The van der Waals surface area contributed by atoms with Crippen molar-refractivity contribution in [2.45, 2.75) is 13.8 Å². The molecule has 0 aliphatic rings. The quantitative estimate of drug-likeness (QED) is 0.758. The first-order valence-electron chi connectivity index (χ1n) is 6.71. The SMILES string of the molecule is CCOc1cc(OCC)c2nc(NCCOC)sc2c1. The Hall–Kier alpha value is -1.53. The van der Waals surface area contributed by atoms with Gasteiger partial charge in [0.05, 0.1) is 24.5 Å². The fourth-order valence-electron chi connectivity index (χ4n) is 1.83. The van der Waals surface area contributed by atoms with Crippen molar-refractivity contribution in [2.75, 3.05) is 38.8 Å². The number of benzene rings is 1. The number of anilines is 1. The van der Waals surface area contributed by atoms with E-state index < -0.39 is 0 Å². The second-order valence-corrected chi connectivity index (χ2v) is 5.10. The predicted octanol–water partition coefficient (Wildman–Crippen LogP) is 3.15. The maximum Gasteiger partial charge on any atom is 0.184 e. The average molecular weight is 296 g/mol. The molecule has 0 aliphatic heterocycles. The molecule has 0 amide bonds. The van der Waals surface area contributed by atoms with Crippen molar-refractivity contribution in [3.63, 3.8) is 0 Å². The minimum absolute atomic E-state index is 0.606. The molecule has 1 heterocycles. The third-order valence-electron chi connectivity index (χ3n) is 2.63. The summed E-state index contributed by atoms with van der Waals surface area (Å²) in [6, 6.07) is 3.90. The van der Waals surface area contributed by atoms with Crippen molar-refractivity contribution >= 4 is 26.7 Å². The van der Waals surface area contributed by atoms with Crippen LogP contribution in [0.25, 0.3) is 10.2 Å². The third kappa shape index (κ3) is 3.52. The molecule has 0 spiro atoms. The van der Waals surface area contributed by atoms with E-state index in [9.17, 15) is 0 Å². The Morgan fingerprint density at radius 2 is 2.00 bits per heavy atom. The lowest BCUT2D eigenvalue weighted by atomic mass is 10.3. The Bertz CT molecular complexity index is 557. The number of nitrogens with one attached hydrogen (secondary N) is 1. The van der Waals surface area contributed by atoms with Gasteiger partial charge in [0.1, 0.15) is 17.0 Å². The number of nitrogens with zero attached hydrogens (tertiary/aromatic N) is 1. The molecule has 0 saturated heterocycles. The van der Waals surface area contributed by atoms with Gasteiger partial charge in [-0.05, 0) is 19.9 Å². The van der Waals surface area contributed by atoms with Gasteiger partial charge in [-0.3, -0.25) is 0 Å². The Kier molecular flexibility index (Phi) is 5.43. The van der Waals surface area contributed by atoms with E-state index in [1.54, 1.807) is 18.4 Å². The van der Waals surface area contributed by atoms with E-state index in [0.717, 1.165) is 33.4 Å². The molecular formula is C14H20N2O3S. The lowest BCUT2D eigenvalue weighted by Gasteiger charge is -2.07. The van der Waals surface area contributed by atoms with Crippen LogP contribution >= 0.6 is 11.3 Å². The highest BCUT2D eigenvalue weighted by molar-refractivity contribution is 7.22. The maximum absolute atomic E-state index is 5.66. The van der Waals surface area contributed by atoms with Crippen LogP contribution in [0.15, 0.2) is 12.1 Å². The number of fused-ring (bicyclic) bond motifs is 1. The monoisotopic (exact) mass is 296 g/mol. The molecule has 20 heavy (non-hydrogen) atoms. The fraction of sp³-hybridized carbons (Fsp3) is 0.500. The Morgan fingerprint density at radius 3 is 2.70 bits per heavy atom. The highest BCUT2D eigenvalue weighted by Crippen LogP contribution is 2.36. The maximum atomic E-state index is 5.66. The molecule has 1 N–H and O–H groups in total. The Morgan fingerprint density at radius 1 is 1.20 bits per heavy atom. The van der Waals surface area contributed by atoms with Gasteiger partial charge in [0.25, 0.3) is 0 Å². The summed E-state index contributed by atoms with van der Waals surface area (Å²) in [7, 11) is 1.68. The fourth-order valence-corrected chi connectivity index (χ4v) is 2.76. The Labute approximate surface area is 122 Å². The van der Waals surface area contributed by atoms with Crippen LogP contribution in [0.4, 0.5) is 5.13 Å². The zero-order valence-corrected chi connectivity index (χ0v) is 12.9. The summed E-state index contributed by atoms with van der Waals surface area (Å²) in [4.78, 5) is 4.58. The largest absolute Gasteiger partial charge is 0.494 e. The van der Waals surface area contributed by atoms with Crippen LogP contribution in [0, 0.1) is 0 Å². The Balaban J connectivity index is 2.29. The summed E-state index contributed by atoms with van der Waals surface area (Å²) in [5.41, 5.74) is 0.875. The number of rotatable bonds is 8. The van der Waals surface area contributed by atoms with Gasteiger partial charge in [0.2, 0.25) is 0 Å². The number of thiazole rings is 1. The number of ether oxygens (including phenoxy) is 3. The summed E-state index contributed by atoms with van der Waals surface area (Å²) >= 11 is 1.59. The molecule has 0 fully saturated rings. The predicted molar refractivity (Wildman–Crippen MR) is 82.3 cm³/mol. The second kappa shape index (κ2) is 7.31. The molecule has 2 aromatic rings. The van der Waals surface area contributed by atoms with Gasteiger partial charge in [-0.25, -0.2) is 4.98 Å². The first kappa shape index (κ1) is 14.9. The van der Waals surface area contributed by atoms with Crippen molar-refractivity contribution in [1.29, 1.82) is 0 Å². The van der Waals surface area contributed by atoms with Crippen LogP contribution in [0.2, 0.25) is 0 Å². The molecule has 1 aromatic heterocycles. The van der Waals surface area contributed by atoms with Gasteiger partial charge < -0.3 is 19.5 Å². The third-order valence-corrected chi connectivity index (χ3v) is 3.59. The molecule has 0 unspecified atom stereocenters. The summed E-state index contributed by atoms with van der Waals surface area (Å²) in [5.74, 6) is 1.58. The molecule has 0 saturated carbocycles. The van der Waals surface area contributed by atoms with Crippen LogP contribution in [-0.2, 0) is 4.74 Å². The van der Waals surface area contributed by atoms with Crippen LogP contribution in [0.1, 0.15) is 13.8 Å². The highest BCUT2D eigenvalue weighted by atomic mass is 32.1. The average Bonchev–Trinajstić information content (AvgIpc) is 2.83. The van der Waals surface area contributed by atoms with Crippen LogP contribution < -0.4 is 14.8 Å². The molecule has 110 valence electrons. The van der Waals surface area contributed by atoms with Crippen molar-refractivity contribution in [2.24, 2.45) is 0 Å². The summed E-state index contributed by atoms with van der Waals surface area (Å²) in [5, 5.41) is 4.11. The van der Waals surface area contributed by atoms with E-state index in [4.69, 9.17) is 14.2 Å². The van der Waals surface area contributed by atoms with Gasteiger partial charge >= 0.3 is 0 Å². The van der Waals surface area contributed by atoms with E-state index in [1.807, 2.05) is 26.0 Å². The van der Waals surface area contributed by atoms with Gasteiger partial charge in [-0.2, -0.15) is 0 Å². The van der Waals surface area contributed by atoms with Crippen LogP contribution in [0.5, 0.6) is 11.5 Å². The van der Waals surface area contributed by atoms with Gasteiger partial charge in [-0.15, -0.1) is 0 Å². The van der Waals surface area contributed by atoms with E-state index in [-0.39, 0.29) is 0 Å². The van der Waals surface area contributed by atoms with Crippen molar-refractivity contribution in [3.8, 4) is 11.5 Å². The van der Waals surface area contributed by atoms with Gasteiger partial charge in [0.15, 0.2) is 5.13 Å². The van der Waals surface area contributed by atoms with E-state index >= 15 is 0 Å². The topological polar surface area (TPSA) is 52.6 Å². The normalized spacial score (nSPS) is 10.8. The summed E-state index contributed by atoms with van der Waals surface area (Å²) < 4.78 is 17.3. The zero-order chi connectivity index (χ0) is 14.4. The number of hydrogen-bond donors (Lipinski definition) is 1. The molecule has 2 rings (SSSR count). The van der Waals surface area contributed by atoms with Crippen molar-refractivity contribution < 1.29 is 14.2 Å². The van der Waals surface area contributed by atoms with E-state index in [1.165, 1.54) is 0 Å². The lowest BCUT2D eigenvalue weighted by Crippen LogP contribution is -2.06. The molecule has 1 aromatic carbocycles. The zero-order valence-electron chi connectivity index (χ0n) is 12.1. The molecule has 0 bridgehead atoms. The minimum Gasteiger partial charge on any atom is -0.494 e. The van der Waals surface area contributed by atoms with Crippen LogP contribution in [-0.4, -0.2) is 38.5 Å². The molecule has 6 heteroatoms. The van der Waals surface area contributed by atoms with E-state index in [0.29, 0.717) is 19.8 Å². The van der Waals surface area contributed by atoms with Crippen molar-refractivity contribution in [1.82, 2.24) is 4.98 Å². The number of methoxy groups -OCH3 is 1. The number of hydrogen-bond acceptors (Lipinski definition) is 6. The molecular weight excluding hydrogens is 276 g/mol. The van der Waals surface area contributed by atoms with Gasteiger partial charge in [0, 0.05) is 19.7 Å². The van der Waals surface area contributed by atoms with Crippen LogP contribution in [0.3, 0.4) is 0 Å². The number of aromatic nitrogens is 1. The molecule has 5 nitrogen and oxygen atoms in total. The van der Waals surface area contributed by atoms with Crippen molar-refractivity contribution in [3.05, 3.63) is 12.1 Å². The van der Waals surface area contributed by atoms with Gasteiger partial charge in [-0.1, -0.05) is 11.3 Å². The lowest BCUT2D eigenvalue weighted by molar-refractivity contribution is 0.211. The second-order valence-electron chi connectivity index (χ2n) is 4.07. The molecule has 0 aliphatic carbocycles. The highest BCUT2D eigenvalue weighted by Gasteiger charge is 2.12. The standard InChI is InChI=1S/C14H20N2O3S/c1-4-18-10-8-11(19-5-2)13-12(9-10)20-14(16-13)15-6-7-17-3/h8-9H,4-7H2,1-3H3,(H,15,16). The minimum atomic E-state index is 0.606. The first-order chi connectivity index (χ1) is 9.78. The smallest absolute Gasteiger partial charge is 0.184 e. The summed E-state index contributed by atoms with van der Waals surface area (Å²) in [6.07, 6.45) is 0.